The number of benzene rings is 1. The molecule has 66 valence electrons. The molecular weight excluding hydrogens is 222 g/mol. The summed E-state index contributed by atoms with van der Waals surface area (Å²) in [6.45, 7) is 0. The van der Waals surface area contributed by atoms with E-state index in [4.69, 9.17) is 15.6 Å². The molecule has 1 atom stereocenters. The molecule has 1 unspecified atom stereocenters. The molecule has 1 aromatic rings. The molecule has 0 spiro atoms. The Kier molecular flexibility index (Phi) is 3.08. The number of hydrogen-bond acceptors (Lipinski definition) is 3. The number of nitrogens with two attached hydrogens (primary N) is 1. The summed E-state index contributed by atoms with van der Waals surface area (Å²) in [7, 11) is 1.54. The molecule has 3 N–H and O–H groups in total. The number of aliphatic hydroxyl groups is 1. The largest absolute Gasteiger partial charge is 0.496 e. The number of ether oxygens (including phenoxy) is 1. The van der Waals surface area contributed by atoms with E-state index in [9.17, 15) is 0 Å². The van der Waals surface area contributed by atoms with E-state index in [2.05, 4.69) is 15.9 Å². The van der Waals surface area contributed by atoms with Crippen LogP contribution in [-0.4, -0.2) is 12.2 Å². The fourth-order valence-corrected chi connectivity index (χ4v) is 1.32. The highest BCUT2D eigenvalue weighted by molar-refractivity contribution is 9.10. The first-order chi connectivity index (χ1) is 5.65. The Morgan fingerprint density at radius 2 is 2.25 bits per heavy atom. The SMILES string of the molecule is COc1ccc(Br)cc1C(N)O. The first-order valence-electron chi connectivity index (χ1n) is 3.42. The van der Waals surface area contributed by atoms with Gasteiger partial charge in [-0.25, -0.2) is 0 Å². The van der Waals surface area contributed by atoms with Crippen molar-refractivity contribution >= 4 is 15.9 Å². The summed E-state index contributed by atoms with van der Waals surface area (Å²) >= 11 is 3.27. The second kappa shape index (κ2) is 3.89. The molecule has 0 saturated carbocycles. The maximum atomic E-state index is 9.14. The Hall–Kier alpha value is -0.580. The van der Waals surface area contributed by atoms with Gasteiger partial charge in [0.25, 0.3) is 0 Å². The molecular formula is C8H10BrNO2. The van der Waals surface area contributed by atoms with Gasteiger partial charge in [0, 0.05) is 10.0 Å². The van der Waals surface area contributed by atoms with Crippen LogP contribution in [0, 0.1) is 0 Å². The van der Waals surface area contributed by atoms with Crippen molar-refractivity contribution < 1.29 is 9.84 Å². The van der Waals surface area contributed by atoms with Crippen molar-refractivity contribution in [3.63, 3.8) is 0 Å². The van der Waals surface area contributed by atoms with Crippen molar-refractivity contribution in [3.05, 3.63) is 28.2 Å². The van der Waals surface area contributed by atoms with Gasteiger partial charge in [0.1, 0.15) is 12.0 Å². The van der Waals surface area contributed by atoms with E-state index in [-0.39, 0.29) is 0 Å². The van der Waals surface area contributed by atoms with E-state index in [0.29, 0.717) is 11.3 Å². The van der Waals surface area contributed by atoms with Gasteiger partial charge >= 0.3 is 0 Å². The van der Waals surface area contributed by atoms with Crippen LogP contribution in [0.3, 0.4) is 0 Å². The summed E-state index contributed by atoms with van der Waals surface area (Å²) in [5, 5.41) is 9.14. The highest BCUT2D eigenvalue weighted by Gasteiger charge is 2.08. The molecule has 0 saturated heterocycles. The lowest BCUT2D eigenvalue weighted by Gasteiger charge is -2.10. The third-order valence-electron chi connectivity index (χ3n) is 1.51. The van der Waals surface area contributed by atoms with Gasteiger partial charge in [-0.15, -0.1) is 0 Å². The summed E-state index contributed by atoms with van der Waals surface area (Å²) in [5.74, 6) is 0.591. The van der Waals surface area contributed by atoms with E-state index in [1.807, 2.05) is 6.07 Å². The highest BCUT2D eigenvalue weighted by atomic mass is 79.9. The zero-order valence-electron chi connectivity index (χ0n) is 6.62. The lowest BCUT2D eigenvalue weighted by molar-refractivity contribution is 0.181. The van der Waals surface area contributed by atoms with Gasteiger partial charge in [-0.05, 0) is 18.2 Å². The molecule has 12 heavy (non-hydrogen) atoms. The Balaban J connectivity index is 3.12. The van der Waals surface area contributed by atoms with Crippen molar-refractivity contribution in [2.75, 3.05) is 7.11 Å². The molecule has 0 aliphatic heterocycles. The molecule has 0 bridgehead atoms. The van der Waals surface area contributed by atoms with Crippen LogP contribution in [0.1, 0.15) is 11.8 Å². The standard InChI is InChI=1S/C8H10BrNO2/c1-12-7-3-2-5(9)4-6(7)8(10)11/h2-4,8,11H,10H2,1H3. The first-order valence-corrected chi connectivity index (χ1v) is 4.21. The van der Waals surface area contributed by atoms with Crippen LogP contribution in [0.25, 0.3) is 0 Å². The zero-order chi connectivity index (χ0) is 9.14. The maximum absolute atomic E-state index is 9.14. The molecule has 0 aromatic heterocycles. The second-order valence-corrected chi connectivity index (χ2v) is 3.25. The summed E-state index contributed by atoms with van der Waals surface area (Å²) in [6, 6.07) is 5.30. The summed E-state index contributed by atoms with van der Waals surface area (Å²) < 4.78 is 5.86. The molecule has 0 radical (unpaired) electrons. The quantitative estimate of drug-likeness (QED) is 0.758. The minimum Gasteiger partial charge on any atom is -0.496 e. The van der Waals surface area contributed by atoms with E-state index in [1.165, 1.54) is 7.11 Å². The Labute approximate surface area is 79.3 Å². The van der Waals surface area contributed by atoms with Crippen LogP contribution in [0.2, 0.25) is 0 Å². The van der Waals surface area contributed by atoms with Crippen LogP contribution in [0.15, 0.2) is 22.7 Å². The van der Waals surface area contributed by atoms with Gasteiger partial charge in [0.15, 0.2) is 0 Å². The lowest BCUT2D eigenvalue weighted by atomic mass is 10.2. The summed E-state index contributed by atoms with van der Waals surface area (Å²) in [5.41, 5.74) is 5.89. The van der Waals surface area contributed by atoms with Crippen molar-refractivity contribution in [3.8, 4) is 5.75 Å². The minimum absolute atomic E-state index is 0.576. The molecule has 0 fully saturated rings. The van der Waals surface area contributed by atoms with E-state index < -0.39 is 6.23 Å². The van der Waals surface area contributed by atoms with E-state index in [1.54, 1.807) is 12.1 Å². The van der Waals surface area contributed by atoms with Crippen molar-refractivity contribution in [1.82, 2.24) is 0 Å². The third-order valence-corrected chi connectivity index (χ3v) is 2.00. The fourth-order valence-electron chi connectivity index (χ4n) is 0.936. The third kappa shape index (κ3) is 1.97. The Morgan fingerprint density at radius 3 is 2.75 bits per heavy atom. The highest BCUT2D eigenvalue weighted by Crippen LogP contribution is 2.25. The number of rotatable bonds is 2. The van der Waals surface area contributed by atoms with Crippen molar-refractivity contribution in [2.45, 2.75) is 6.23 Å². The predicted octanol–water partition coefficient (Wildman–Crippen LogP) is 1.41. The van der Waals surface area contributed by atoms with Crippen LogP contribution in [0.5, 0.6) is 5.75 Å². The number of methoxy groups -OCH3 is 1. The van der Waals surface area contributed by atoms with Crippen molar-refractivity contribution in [1.29, 1.82) is 0 Å². The van der Waals surface area contributed by atoms with Crippen LogP contribution in [-0.2, 0) is 0 Å². The second-order valence-electron chi connectivity index (χ2n) is 2.33. The average Bonchev–Trinajstić information content (AvgIpc) is 2.04. The molecule has 0 aliphatic carbocycles. The molecule has 0 amide bonds. The van der Waals surface area contributed by atoms with Gasteiger partial charge in [0.2, 0.25) is 0 Å². The summed E-state index contributed by atoms with van der Waals surface area (Å²) in [4.78, 5) is 0. The maximum Gasteiger partial charge on any atom is 0.132 e. The van der Waals surface area contributed by atoms with Gasteiger partial charge in [-0.3, -0.25) is 0 Å². The van der Waals surface area contributed by atoms with Gasteiger partial charge in [0.05, 0.1) is 7.11 Å². The molecule has 0 aliphatic rings. The van der Waals surface area contributed by atoms with E-state index >= 15 is 0 Å². The smallest absolute Gasteiger partial charge is 0.132 e. The van der Waals surface area contributed by atoms with E-state index in [0.717, 1.165) is 4.47 Å². The normalized spacial score (nSPS) is 12.7. The van der Waals surface area contributed by atoms with Gasteiger partial charge in [-0.1, -0.05) is 15.9 Å². The number of halogens is 1. The van der Waals surface area contributed by atoms with Gasteiger partial charge in [-0.2, -0.15) is 0 Å². The molecule has 1 rings (SSSR count). The van der Waals surface area contributed by atoms with Crippen LogP contribution < -0.4 is 10.5 Å². The lowest BCUT2D eigenvalue weighted by Crippen LogP contribution is -2.09. The predicted molar refractivity (Wildman–Crippen MR) is 49.8 cm³/mol. The monoisotopic (exact) mass is 231 g/mol. The fraction of sp³-hybridized carbons (Fsp3) is 0.250. The first kappa shape index (κ1) is 9.51. The number of aliphatic hydroxyl groups excluding tert-OH is 1. The minimum atomic E-state index is -1.00. The summed E-state index contributed by atoms with van der Waals surface area (Å²) in [6.07, 6.45) is -1.00. The van der Waals surface area contributed by atoms with Crippen LogP contribution >= 0.6 is 15.9 Å². The molecule has 3 nitrogen and oxygen atoms in total. The topological polar surface area (TPSA) is 55.5 Å². The van der Waals surface area contributed by atoms with Gasteiger partial charge < -0.3 is 15.6 Å². The van der Waals surface area contributed by atoms with Crippen molar-refractivity contribution in [2.24, 2.45) is 5.73 Å². The average molecular weight is 232 g/mol. The number of hydrogen-bond donors (Lipinski definition) is 2. The molecule has 1 aromatic carbocycles. The molecule has 0 heterocycles. The zero-order valence-corrected chi connectivity index (χ0v) is 8.21. The Morgan fingerprint density at radius 1 is 1.58 bits per heavy atom. The molecule has 4 heteroatoms. The Bertz CT molecular complexity index is 276. The van der Waals surface area contributed by atoms with Crippen LogP contribution in [0.4, 0.5) is 0 Å².